The molecule has 0 aromatic rings. The van der Waals surface area contributed by atoms with Crippen molar-refractivity contribution in [3.05, 3.63) is 11.3 Å². The Morgan fingerprint density at radius 3 is 2.25 bits per heavy atom. The molecule has 0 aromatic heterocycles. The molecule has 0 radical (unpaired) electrons. The summed E-state index contributed by atoms with van der Waals surface area (Å²) in [5.41, 5.74) is -3.86. The fraction of sp³-hybridized carbons (Fsp3) is 0.912. The number of fused-ring (bicyclic) bond motifs is 2. The highest BCUT2D eigenvalue weighted by Crippen LogP contribution is 2.63. The molecule has 0 aromatic carbocycles. The molecule has 17 heteroatoms. The van der Waals surface area contributed by atoms with E-state index in [1.54, 1.807) is 13.8 Å². The van der Waals surface area contributed by atoms with Gasteiger partial charge in [-0.3, -0.25) is 10.1 Å². The minimum atomic E-state index is -5.12. The zero-order valence-electron chi connectivity index (χ0n) is 29.2. The average molecular weight is 744 g/mol. The second kappa shape index (κ2) is 12.7. The van der Waals surface area contributed by atoms with Crippen molar-refractivity contribution in [3.63, 3.8) is 0 Å². The molecule has 8 aliphatic rings. The highest BCUT2D eigenvalue weighted by Gasteiger charge is 2.75. The monoisotopic (exact) mass is 743 g/mol. The molecule has 2 bridgehead atoms. The van der Waals surface area contributed by atoms with Gasteiger partial charge in [-0.2, -0.15) is 26.3 Å². The molecule has 1 spiro atoms. The van der Waals surface area contributed by atoms with Crippen LogP contribution < -0.4 is 5.32 Å². The molecule has 290 valence electrons. The maximum absolute atomic E-state index is 15.2. The Labute approximate surface area is 291 Å². The van der Waals surface area contributed by atoms with Crippen LogP contribution in [0.5, 0.6) is 0 Å². The zero-order chi connectivity index (χ0) is 36.9. The number of carbonyl (C=O) groups is 1. The number of alkyl halides is 6. The molecule has 14 atom stereocenters. The molecule has 11 nitrogen and oxygen atoms in total. The van der Waals surface area contributed by atoms with Gasteiger partial charge in [0.15, 0.2) is 17.5 Å². The van der Waals surface area contributed by atoms with E-state index in [0.717, 1.165) is 0 Å². The Bertz CT molecular complexity index is 1400. The predicted molar refractivity (Wildman–Crippen MR) is 160 cm³/mol. The van der Waals surface area contributed by atoms with Gasteiger partial charge in [0, 0.05) is 36.6 Å². The molecule has 2 N–H and O–H groups in total. The number of carbonyl (C=O) groups excluding carboxylic acids is 1. The maximum Gasteiger partial charge on any atom is 0.449 e. The lowest BCUT2D eigenvalue weighted by atomic mass is 9.56. The number of allylic oxidation sites excluding steroid dienone is 1. The largest absolute Gasteiger partial charge is 0.456 e. The first-order chi connectivity index (χ1) is 23.8. The third-order valence-electron chi connectivity index (χ3n) is 13.2. The summed E-state index contributed by atoms with van der Waals surface area (Å²) in [6.45, 7) is 7.09. The second-order valence-corrected chi connectivity index (χ2v) is 16.0. The van der Waals surface area contributed by atoms with Gasteiger partial charge >= 0.3 is 12.4 Å². The fourth-order valence-corrected chi connectivity index (χ4v) is 10.6. The van der Waals surface area contributed by atoms with Crippen LogP contribution in [0.1, 0.15) is 86.0 Å². The topological polar surface area (TPSA) is 123 Å². The Hall–Kier alpha value is -1.73. The van der Waals surface area contributed by atoms with E-state index in [0.29, 0.717) is 38.5 Å². The average Bonchev–Trinajstić information content (AvgIpc) is 3.37. The third-order valence-corrected chi connectivity index (χ3v) is 13.2. The zero-order valence-corrected chi connectivity index (χ0v) is 29.2. The smallest absolute Gasteiger partial charge is 0.449 e. The van der Waals surface area contributed by atoms with Crippen LogP contribution in [0.4, 0.5) is 26.3 Å². The number of rotatable bonds is 6. The van der Waals surface area contributed by atoms with Gasteiger partial charge in [0.2, 0.25) is 17.8 Å². The van der Waals surface area contributed by atoms with Gasteiger partial charge < -0.3 is 29.0 Å². The van der Waals surface area contributed by atoms with Gasteiger partial charge in [0.05, 0.1) is 18.3 Å². The molecule has 6 heterocycles. The van der Waals surface area contributed by atoms with E-state index < -0.39 is 102 Å². The normalized spacial score (nSPS) is 48.2. The number of halogens is 6. The lowest BCUT2D eigenvalue weighted by molar-refractivity contribution is -0.557. The minimum Gasteiger partial charge on any atom is -0.456 e. The second-order valence-electron chi connectivity index (χ2n) is 16.0. The van der Waals surface area contributed by atoms with Crippen molar-refractivity contribution < 1.29 is 74.7 Å². The molecule has 51 heavy (non-hydrogen) atoms. The minimum absolute atomic E-state index is 0.00638. The number of nitrogens with one attached hydrogen (secondary N) is 1. The number of hydrogen-bond acceptors (Lipinski definition) is 10. The van der Waals surface area contributed by atoms with Crippen molar-refractivity contribution in [2.75, 3.05) is 13.2 Å². The first kappa shape index (κ1) is 37.6. The van der Waals surface area contributed by atoms with E-state index in [4.69, 9.17) is 38.3 Å². The van der Waals surface area contributed by atoms with Crippen LogP contribution in [-0.2, 0) is 43.1 Å². The lowest BCUT2D eigenvalue weighted by Gasteiger charge is -2.60. The SMILES string of the molecule is C[C@@H]1CC[C@H]2[C@@H](C)[C@](OCCNC(=O)C3=C(C(F)(F)F)O[C@@H]4O[C@@]5(C)CCC6[C@H](C)CC[C@@H]3[C@]64OO5)(C(F)(F)F)O[C@@H]3O[C@@H](C)CCC1C32OO. The van der Waals surface area contributed by atoms with Crippen molar-refractivity contribution in [1.82, 2.24) is 5.32 Å². The van der Waals surface area contributed by atoms with Crippen LogP contribution in [0.25, 0.3) is 0 Å². The Morgan fingerprint density at radius 1 is 0.882 bits per heavy atom. The molecule has 2 aliphatic carbocycles. The van der Waals surface area contributed by atoms with Gasteiger partial charge in [0.1, 0.15) is 0 Å². The van der Waals surface area contributed by atoms with Crippen LogP contribution in [-0.4, -0.2) is 78.1 Å². The van der Waals surface area contributed by atoms with Crippen LogP contribution in [0, 0.1) is 41.4 Å². The van der Waals surface area contributed by atoms with Crippen LogP contribution in [0.3, 0.4) is 0 Å². The van der Waals surface area contributed by atoms with Crippen molar-refractivity contribution >= 4 is 5.91 Å². The summed E-state index contributed by atoms with van der Waals surface area (Å²) in [7, 11) is 0. The van der Waals surface area contributed by atoms with Gasteiger partial charge in [-0.05, 0) is 76.5 Å². The first-order valence-electron chi connectivity index (χ1n) is 18.0. The van der Waals surface area contributed by atoms with E-state index >= 15 is 13.2 Å². The van der Waals surface area contributed by atoms with E-state index in [-0.39, 0.29) is 36.5 Å². The van der Waals surface area contributed by atoms with Gasteiger partial charge in [-0.1, -0.05) is 20.8 Å². The molecular formula is C34H47F6NO10. The Kier molecular flexibility index (Phi) is 9.34. The standard InChI is InChI=1S/C34H47F6NO10/c1-16-6-9-22-19(4)32(34(38,39)40,48-27-30(22,49-43)20(16)11-8-18(3)45-27)44-15-14-41-26(42)24-23-10-7-17(2)21-12-13-29(5)47-28(31(21,23)51-50-29)46-25(24)33(35,36)37/h16-23,27-28,43H,6-15H2,1-5H3,(H,41,42)/t16-,17-,18+,19-,20?,21?,22+,23+,27+,28-,29-,30?,31-,32-/m1/s1. The highest BCUT2D eigenvalue weighted by molar-refractivity contribution is 5.95. The maximum atomic E-state index is 15.2. The number of amides is 1. The van der Waals surface area contributed by atoms with Gasteiger partial charge in [-0.15, -0.1) is 0 Å². The molecule has 2 saturated carbocycles. The van der Waals surface area contributed by atoms with Crippen molar-refractivity contribution in [2.24, 2.45) is 41.4 Å². The van der Waals surface area contributed by atoms with E-state index in [2.05, 4.69) is 5.32 Å². The highest BCUT2D eigenvalue weighted by atomic mass is 19.4. The molecule has 7 fully saturated rings. The van der Waals surface area contributed by atoms with E-state index in [1.165, 1.54) is 6.92 Å². The molecule has 5 saturated heterocycles. The summed E-state index contributed by atoms with van der Waals surface area (Å²) < 4.78 is 118. The quantitative estimate of drug-likeness (QED) is 0.135. The van der Waals surface area contributed by atoms with Crippen molar-refractivity contribution in [1.29, 1.82) is 0 Å². The predicted octanol–water partition coefficient (Wildman–Crippen LogP) is 6.52. The number of ether oxygens (including phenoxy) is 5. The summed E-state index contributed by atoms with van der Waals surface area (Å²) >= 11 is 0. The van der Waals surface area contributed by atoms with Crippen molar-refractivity contribution in [2.45, 2.75) is 140 Å². The summed E-state index contributed by atoms with van der Waals surface area (Å²) in [5.74, 6) is -11.5. The van der Waals surface area contributed by atoms with E-state index in [9.17, 15) is 23.2 Å². The molecule has 3 unspecified atom stereocenters. The summed E-state index contributed by atoms with van der Waals surface area (Å²) in [6, 6.07) is 0. The Morgan fingerprint density at radius 2 is 1.57 bits per heavy atom. The summed E-state index contributed by atoms with van der Waals surface area (Å²) in [5, 5.41) is 12.7. The summed E-state index contributed by atoms with van der Waals surface area (Å²) in [4.78, 5) is 30.4. The fourth-order valence-electron chi connectivity index (χ4n) is 10.6. The first-order valence-corrected chi connectivity index (χ1v) is 18.0. The lowest BCUT2D eigenvalue weighted by Crippen LogP contribution is -2.74. The van der Waals surface area contributed by atoms with Gasteiger partial charge in [-0.25, -0.2) is 14.7 Å². The van der Waals surface area contributed by atoms with Crippen molar-refractivity contribution in [3.8, 4) is 0 Å². The van der Waals surface area contributed by atoms with E-state index in [1.807, 2.05) is 13.8 Å². The van der Waals surface area contributed by atoms with Crippen LogP contribution >= 0.6 is 0 Å². The van der Waals surface area contributed by atoms with Crippen LogP contribution in [0.15, 0.2) is 11.3 Å². The summed E-state index contributed by atoms with van der Waals surface area (Å²) in [6.07, 6.45) is -10.5. The van der Waals surface area contributed by atoms with Gasteiger partial charge in [0.25, 0.3) is 11.7 Å². The molecule has 6 aliphatic heterocycles. The molecular weight excluding hydrogens is 696 g/mol. The third kappa shape index (κ3) is 5.57. The Balaban J connectivity index is 1.14. The number of hydrogen-bond donors (Lipinski definition) is 2. The molecule has 1 amide bonds. The van der Waals surface area contributed by atoms with Crippen LogP contribution in [0.2, 0.25) is 0 Å². The molecule has 8 rings (SSSR count).